The average Bonchev–Trinajstić information content (AvgIpc) is 3.32. The van der Waals surface area contributed by atoms with E-state index in [9.17, 15) is 19.7 Å². The van der Waals surface area contributed by atoms with Crippen molar-refractivity contribution in [2.45, 2.75) is 12.0 Å². The third-order valence-electron chi connectivity index (χ3n) is 4.10. The lowest BCUT2D eigenvalue weighted by Gasteiger charge is -2.37. The van der Waals surface area contributed by atoms with Crippen molar-refractivity contribution in [1.29, 1.82) is 0 Å². The molecule has 1 fully saturated rings. The second-order valence-electron chi connectivity index (χ2n) is 5.78. The van der Waals surface area contributed by atoms with E-state index < -0.39 is 10.9 Å². The zero-order chi connectivity index (χ0) is 19.0. The third-order valence-corrected chi connectivity index (χ3v) is 6.00. The SMILES string of the molecule is O=C(OCc1ccc([N+](=O)[O-])cc1)C1=CSC2C(=Cc3cccs3)C(=O)N12. The van der Waals surface area contributed by atoms with Crippen molar-refractivity contribution >= 4 is 46.7 Å². The van der Waals surface area contributed by atoms with Gasteiger partial charge < -0.3 is 4.74 Å². The van der Waals surface area contributed by atoms with Crippen LogP contribution in [0.25, 0.3) is 6.08 Å². The Labute approximate surface area is 162 Å². The molecular weight excluding hydrogens is 388 g/mol. The minimum Gasteiger partial charge on any atom is -0.456 e. The van der Waals surface area contributed by atoms with E-state index in [1.165, 1.54) is 40.9 Å². The number of esters is 1. The molecule has 0 N–H and O–H groups in total. The molecule has 27 heavy (non-hydrogen) atoms. The third kappa shape index (κ3) is 3.26. The van der Waals surface area contributed by atoms with Crippen molar-refractivity contribution in [2.75, 3.05) is 0 Å². The molecule has 2 aliphatic rings. The molecule has 0 saturated carbocycles. The van der Waals surface area contributed by atoms with E-state index in [1.807, 2.05) is 23.6 Å². The summed E-state index contributed by atoms with van der Waals surface area (Å²) in [7, 11) is 0. The predicted octanol–water partition coefficient (Wildman–Crippen LogP) is 3.54. The molecule has 0 spiro atoms. The maximum Gasteiger partial charge on any atom is 0.355 e. The lowest BCUT2D eigenvalue weighted by molar-refractivity contribution is -0.384. The Balaban J connectivity index is 1.38. The number of thiophene rings is 1. The summed E-state index contributed by atoms with van der Waals surface area (Å²) in [5, 5.41) is 14.0. The number of nitro benzene ring substituents is 1. The lowest BCUT2D eigenvalue weighted by Crippen LogP contribution is -2.51. The monoisotopic (exact) mass is 400 g/mol. The number of rotatable bonds is 5. The maximum atomic E-state index is 12.4. The first-order chi connectivity index (χ1) is 13.0. The highest BCUT2D eigenvalue weighted by molar-refractivity contribution is 8.03. The Morgan fingerprint density at radius 1 is 1.30 bits per heavy atom. The van der Waals surface area contributed by atoms with Gasteiger partial charge >= 0.3 is 5.97 Å². The number of hydrogen-bond acceptors (Lipinski definition) is 7. The van der Waals surface area contributed by atoms with E-state index in [0.29, 0.717) is 11.1 Å². The Hall–Kier alpha value is -2.91. The van der Waals surface area contributed by atoms with Gasteiger partial charge in [-0.05, 0) is 35.2 Å². The van der Waals surface area contributed by atoms with Crippen molar-refractivity contribution in [2.24, 2.45) is 0 Å². The summed E-state index contributed by atoms with van der Waals surface area (Å²) in [6, 6.07) is 9.61. The molecule has 1 aromatic heterocycles. The van der Waals surface area contributed by atoms with Crippen LogP contribution in [0.5, 0.6) is 0 Å². The molecule has 1 aromatic carbocycles. The predicted molar refractivity (Wildman–Crippen MR) is 101 cm³/mol. The van der Waals surface area contributed by atoms with Crippen LogP contribution >= 0.6 is 23.1 Å². The van der Waals surface area contributed by atoms with E-state index in [-0.39, 0.29) is 29.3 Å². The van der Waals surface area contributed by atoms with Crippen molar-refractivity contribution < 1.29 is 19.2 Å². The van der Waals surface area contributed by atoms with Crippen LogP contribution in [-0.4, -0.2) is 27.1 Å². The quantitative estimate of drug-likeness (QED) is 0.251. The van der Waals surface area contributed by atoms with Gasteiger partial charge in [0.2, 0.25) is 0 Å². The number of β-lactam (4-membered cyclic amide) rings is 1. The van der Waals surface area contributed by atoms with E-state index in [1.54, 1.807) is 16.7 Å². The van der Waals surface area contributed by atoms with Crippen molar-refractivity contribution in [3.05, 3.63) is 79.0 Å². The minimum absolute atomic E-state index is 0.0244. The number of carbonyl (C=O) groups is 2. The van der Waals surface area contributed by atoms with Crippen LogP contribution in [0, 0.1) is 10.1 Å². The van der Waals surface area contributed by atoms with Crippen LogP contribution in [0.3, 0.4) is 0 Å². The van der Waals surface area contributed by atoms with Crippen LogP contribution < -0.4 is 0 Å². The summed E-state index contributed by atoms with van der Waals surface area (Å²) < 4.78 is 5.25. The highest BCUT2D eigenvalue weighted by atomic mass is 32.2. The van der Waals surface area contributed by atoms with Gasteiger partial charge in [0.15, 0.2) is 0 Å². The number of thioether (sulfide) groups is 1. The van der Waals surface area contributed by atoms with E-state index in [0.717, 1.165) is 4.88 Å². The number of benzene rings is 1. The molecular formula is C18H12N2O5S2. The minimum atomic E-state index is -0.591. The summed E-state index contributed by atoms with van der Waals surface area (Å²) >= 11 is 2.94. The molecule has 0 aliphatic carbocycles. The fraction of sp³-hybridized carbons (Fsp3) is 0.111. The van der Waals surface area contributed by atoms with Crippen LogP contribution in [0.2, 0.25) is 0 Å². The highest BCUT2D eigenvalue weighted by Gasteiger charge is 2.49. The molecule has 1 unspecified atom stereocenters. The summed E-state index contributed by atoms with van der Waals surface area (Å²) in [6.45, 7) is -0.0244. The van der Waals surface area contributed by atoms with Gasteiger partial charge in [-0.15, -0.1) is 23.1 Å². The smallest absolute Gasteiger partial charge is 0.355 e. The first-order valence-electron chi connectivity index (χ1n) is 7.89. The zero-order valence-corrected chi connectivity index (χ0v) is 15.4. The number of ether oxygens (including phenoxy) is 1. The van der Waals surface area contributed by atoms with Gasteiger partial charge in [0.1, 0.15) is 17.7 Å². The molecule has 0 bridgehead atoms. The fourth-order valence-corrected chi connectivity index (χ4v) is 4.50. The van der Waals surface area contributed by atoms with Gasteiger partial charge in [-0.1, -0.05) is 6.07 Å². The number of nitrogens with zero attached hydrogens (tertiary/aromatic N) is 2. The van der Waals surface area contributed by atoms with Crippen LogP contribution in [0.1, 0.15) is 10.4 Å². The molecule has 1 atom stereocenters. The number of fused-ring (bicyclic) bond motifs is 1. The van der Waals surface area contributed by atoms with Gasteiger partial charge in [-0.3, -0.25) is 19.8 Å². The number of non-ortho nitro benzene ring substituents is 1. The van der Waals surface area contributed by atoms with Gasteiger partial charge in [0.05, 0.1) is 10.5 Å². The molecule has 136 valence electrons. The molecule has 1 amide bonds. The summed E-state index contributed by atoms with van der Waals surface area (Å²) in [6.07, 6.45) is 1.85. The van der Waals surface area contributed by atoms with Crippen molar-refractivity contribution in [1.82, 2.24) is 4.90 Å². The first-order valence-corrected chi connectivity index (χ1v) is 9.71. The van der Waals surface area contributed by atoms with Crippen LogP contribution in [0.15, 0.2) is 58.5 Å². The summed E-state index contributed by atoms with van der Waals surface area (Å²) in [5.74, 6) is -0.788. The number of carbonyl (C=O) groups excluding carboxylic acids is 2. The first kappa shape index (κ1) is 17.5. The average molecular weight is 400 g/mol. The van der Waals surface area contributed by atoms with E-state index >= 15 is 0 Å². The molecule has 2 aliphatic heterocycles. The summed E-state index contributed by atoms with van der Waals surface area (Å²) in [5.41, 5.74) is 1.49. The second-order valence-corrected chi connectivity index (χ2v) is 7.72. The largest absolute Gasteiger partial charge is 0.456 e. The van der Waals surface area contributed by atoms with E-state index in [2.05, 4.69) is 0 Å². The van der Waals surface area contributed by atoms with Gasteiger partial charge in [-0.25, -0.2) is 4.79 Å². The van der Waals surface area contributed by atoms with Crippen molar-refractivity contribution in [3.63, 3.8) is 0 Å². The number of hydrogen-bond donors (Lipinski definition) is 0. The molecule has 7 nitrogen and oxygen atoms in total. The second kappa shape index (κ2) is 7.01. The molecule has 0 radical (unpaired) electrons. The number of amides is 1. The zero-order valence-electron chi connectivity index (χ0n) is 13.7. The van der Waals surface area contributed by atoms with Crippen LogP contribution in [-0.2, 0) is 20.9 Å². The standard InChI is InChI=1S/C18H12N2O5S2/c21-16-14(8-13-2-1-7-26-13)17-19(16)15(10-27-17)18(22)25-9-11-3-5-12(6-4-11)20(23)24/h1-8,10,17H,9H2. The van der Waals surface area contributed by atoms with E-state index in [4.69, 9.17) is 4.74 Å². The molecule has 9 heteroatoms. The summed E-state index contributed by atoms with van der Waals surface area (Å²) in [4.78, 5) is 37.3. The molecule has 2 aromatic rings. The van der Waals surface area contributed by atoms with Crippen LogP contribution in [0.4, 0.5) is 5.69 Å². The molecule has 1 saturated heterocycles. The fourth-order valence-electron chi connectivity index (χ4n) is 2.72. The normalized spacial score (nSPS) is 19.5. The Morgan fingerprint density at radius 2 is 2.07 bits per heavy atom. The Morgan fingerprint density at radius 3 is 2.74 bits per heavy atom. The number of nitro groups is 1. The Bertz CT molecular complexity index is 980. The lowest BCUT2D eigenvalue weighted by atomic mass is 10.0. The maximum absolute atomic E-state index is 12.4. The van der Waals surface area contributed by atoms with Gasteiger partial charge in [-0.2, -0.15) is 0 Å². The highest BCUT2D eigenvalue weighted by Crippen LogP contribution is 2.45. The molecule has 4 rings (SSSR count). The van der Waals surface area contributed by atoms with Gasteiger partial charge in [0.25, 0.3) is 11.6 Å². The topological polar surface area (TPSA) is 89.7 Å². The molecule has 3 heterocycles. The van der Waals surface area contributed by atoms with Crippen molar-refractivity contribution in [3.8, 4) is 0 Å². The Kier molecular flexibility index (Phi) is 4.54. The van der Waals surface area contributed by atoms with Gasteiger partial charge in [0, 0.05) is 22.4 Å².